The highest BCUT2D eigenvalue weighted by Crippen LogP contribution is 2.35. The molecule has 0 bridgehead atoms. The molecule has 0 saturated carbocycles. The lowest BCUT2D eigenvalue weighted by Gasteiger charge is -2.39. The van der Waals surface area contributed by atoms with Crippen molar-refractivity contribution in [1.29, 1.82) is 0 Å². The molecule has 0 spiro atoms. The number of imidazole rings is 1. The molecule has 2 aliphatic heterocycles. The van der Waals surface area contributed by atoms with E-state index in [0.717, 1.165) is 47.6 Å². The van der Waals surface area contributed by atoms with E-state index in [4.69, 9.17) is 14.5 Å². The van der Waals surface area contributed by atoms with Gasteiger partial charge in [0, 0.05) is 30.6 Å². The average Bonchev–Trinajstić information content (AvgIpc) is 2.96. The summed E-state index contributed by atoms with van der Waals surface area (Å²) in [6.07, 6.45) is 4.14. The van der Waals surface area contributed by atoms with E-state index in [2.05, 4.69) is 25.7 Å². The third-order valence-corrected chi connectivity index (χ3v) is 5.58. The van der Waals surface area contributed by atoms with Gasteiger partial charge in [0.2, 0.25) is 5.91 Å². The van der Waals surface area contributed by atoms with Crippen LogP contribution in [0.2, 0.25) is 0 Å². The molecule has 1 fully saturated rings. The van der Waals surface area contributed by atoms with Gasteiger partial charge in [0.25, 0.3) is 0 Å². The standard InChI is InChI=1S/C20H27N3O3/c1-4-19-21-15-10-17-18(26-9-8-25-17)11-16(15)22(19)12-20(24)23-13(2)6-5-7-14(23)3/h10-11,13-14H,4-9,12H2,1-3H3/t13-,14-/m1/s1. The number of rotatable bonds is 3. The minimum Gasteiger partial charge on any atom is -0.486 e. The highest BCUT2D eigenvalue weighted by atomic mass is 16.6. The summed E-state index contributed by atoms with van der Waals surface area (Å²) in [7, 11) is 0. The van der Waals surface area contributed by atoms with Crippen molar-refractivity contribution >= 4 is 16.9 Å². The molecule has 6 nitrogen and oxygen atoms in total. The fourth-order valence-electron chi connectivity index (χ4n) is 4.29. The van der Waals surface area contributed by atoms with Gasteiger partial charge in [-0.2, -0.15) is 0 Å². The number of hydrogen-bond donors (Lipinski definition) is 0. The molecule has 6 heteroatoms. The first-order valence-electron chi connectivity index (χ1n) is 9.68. The van der Waals surface area contributed by atoms with Gasteiger partial charge in [-0.25, -0.2) is 4.98 Å². The molecular formula is C20H27N3O3. The lowest BCUT2D eigenvalue weighted by Crippen LogP contribution is -2.48. The van der Waals surface area contributed by atoms with E-state index >= 15 is 0 Å². The zero-order valence-electron chi connectivity index (χ0n) is 15.8. The molecule has 140 valence electrons. The predicted molar refractivity (Wildman–Crippen MR) is 99.7 cm³/mol. The zero-order chi connectivity index (χ0) is 18.3. The first-order valence-corrected chi connectivity index (χ1v) is 9.68. The lowest BCUT2D eigenvalue weighted by molar-refractivity contribution is -0.137. The Hall–Kier alpha value is -2.24. The summed E-state index contributed by atoms with van der Waals surface area (Å²) >= 11 is 0. The van der Waals surface area contributed by atoms with E-state index < -0.39 is 0 Å². The third kappa shape index (κ3) is 2.91. The number of amides is 1. The summed E-state index contributed by atoms with van der Waals surface area (Å²) in [5, 5.41) is 0. The molecule has 3 heterocycles. The van der Waals surface area contributed by atoms with Gasteiger partial charge < -0.3 is 18.9 Å². The van der Waals surface area contributed by atoms with Crippen molar-refractivity contribution in [2.45, 2.75) is 65.1 Å². The van der Waals surface area contributed by atoms with Crippen LogP contribution in [0.4, 0.5) is 0 Å². The van der Waals surface area contributed by atoms with Gasteiger partial charge in [0.05, 0.1) is 11.0 Å². The minimum atomic E-state index is 0.175. The Kier molecular flexibility index (Phi) is 4.51. The topological polar surface area (TPSA) is 56.6 Å². The van der Waals surface area contributed by atoms with Gasteiger partial charge in [-0.15, -0.1) is 0 Å². The predicted octanol–water partition coefficient (Wildman–Crippen LogP) is 3.16. The van der Waals surface area contributed by atoms with E-state index in [9.17, 15) is 4.79 Å². The number of carbonyl (C=O) groups excluding carboxylic acids is 1. The number of aromatic nitrogens is 2. The monoisotopic (exact) mass is 357 g/mol. The number of piperidine rings is 1. The molecular weight excluding hydrogens is 330 g/mol. The molecule has 0 unspecified atom stereocenters. The van der Waals surface area contributed by atoms with Crippen LogP contribution >= 0.6 is 0 Å². The SMILES string of the molecule is CCc1nc2cc3c(cc2n1CC(=O)N1[C@H](C)CCC[C@H]1C)OCCO3. The summed E-state index contributed by atoms with van der Waals surface area (Å²) in [6.45, 7) is 7.82. The van der Waals surface area contributed by atoms with Gasteiger partial charge in [-0.3, -0.25) is 4.79 Å². The normalized spacial score (nSPS) is 22.7. The number of aryl methyl sites for hydroxylation is 1. The number of fused-ring (bicyclic) bond motifs is 2. The van der Waals surface area contributed by atoms with Crippen molar-refractivity contribution in [3.63, 3.8) is 0 Å². The van der Waals surface area contributed by atoms with Crippen molar-refractivity contribution < 1.29 is 14.3 Å². The zero-order valence-corrected chi connectivity index (χ0v) is 15.8. The molecule has 2 aliphatic rings. The van der Waals surface area contributed by atoms with Crippen molar-refractivity contribution in [2.24, 2.45) is 0 Å². The van der Waals surface area contributed by atoms with Gasteiger partial charge in [-0.1, -0.05) is 6.92 Å². The quantitative estimate of drug-likeness (QED) is 0.847. The molecule has 2 atom stereocenters. The first-order chi connectivity index (χ1) is 12.6. The number of nitrogens with zero attached hydrogens (tertiary/aromatic N) is 3. The molecule has 1 amide bonds. The fourth-order valence-corrected chi connectivity index (χ4v) is 4.29. The van der Waals surface area contributed by atoms with Crippen LogP contribution in [0.15, 0.2) is 12.1 Å². The highest BCUT2D eigenvalue weighted by molar-refractivity contribution is 5.84. The summed E-state index contributed by atoms with van der Waals surface area (Å²) in [5.41, 5.74) is 1.80. The molecule has 1 aromatic carbocycles. The Morgan fingerprint density at radius 1 is 1.15 bits per heavy atom. The molecule has 1 saturated heterocycles. The van der Waals surface area contributed by atoms with Crippen molar-refractivity contribution in [2.75, 3.05) is 13.2 Å². The summed E-state index contributed by atoms with van der Waals surface area (Å²) in [4.78, 5) is 19.9. The molecule has 2 aromatic rings. The number of hydrogen-bond acceptors (Lipinski definition) is 4. The second kappa shape index (κ2) is 6.82. The van der Waals surface area contributed by atoms with Gasteiger partial charge in [-0.05, 0) is 33.1 Å². The molecule has 0 radical (unpaired) electrons. The summed E-state index contributed by atoms with van der Waals surface area (Å²) in [6, 6.07) is 4.49. The average molecular weight is 357 g/mol. The van der Waals surface area contributed by atoms with Gasteiger partial charge >= 0.3 is 0 Å². The van der Waals surface area contributed by atoms with E-state index in [0.29, 0.717) is 31.8 Å². The summed E-state index contributed by atoms with van der Waals surface area (Å²) < 4.78 is 13.4. The maximum atomic E-state index is 13.1. The Balaban J connectivity index is 1.69. The fraction of sp³-hybridized carbons (Fsp3) is 0.600. The number of ether oxygens (including phenoxy) is 2. The van der Waals surface area contributed by atoms with Crippen LogP contribution in [-0.4, -0.2) is 45.7 Å². The van der Waals surface area contributed by atoms with Gasteiger partial charge in [0.1, 0.15) is 25.6 Å². The lowest BCUT2D eigenvalue weighted by atomic mass is 9.97. The number of benzene rings is 1. The second-order valence-electron chi connectivity index (χ2n) is 7.38. The van der Waals surface area contributed by atoms with Crippen LogP contribution in [0.5, 0.6) is 11.5 Å². The van der Waals surface area contributed by atoms with Crippen molar-refractivity contribution in [3.05, 3.63) is 18.0 Å². The second-order valence-corrected chi connectivity index (χ2v) is 7.38. The maximum Gasteiger partial charge on any atom is 0.243 e. The van der Waals surface area contributed by atoms with Crippen LogP contribution in [0.1, 0.15) is 45.9 Å². The molecule has 26 heavy (non-hydrogen) atoms. The highest BCUT2D eigenvalue weighted by Gasteiger charge is 2.29. The van der Waals surface area contributed by atoms with Crippen molar-refractivity contribution in [1.82, 2.24) is 14.5 Å². The largest absolute Gasteiger partial charge is 0.486 e. The Bertz CT molecular complexity index is 819. The van der Waals surface area contributed by atoms with Crippen LogP contribution in [0.3, 0.4) is 0 Å². The van der Waals surface area contributed by atoms with Crippen LogP contribution in [0, 0.1) is 0 Å². The Labute approximate surface area is 154 Å². The Morgan fingerprint density at radius 3 is 2.46 bits per heavy atom. The van der Waals surface area contributed by atoms with E-state index in [1.165, 1.54) is 6.42 Å². The smallest absolute Gasteiger partial charge is 0.243 e. The van der Waals surface area contributed by atoms with E-state index in [1.807, 2.05) is 16.7 Å². The number of carbonyl (C=O) groups is 1. The summed E-state index contributed by atoms with van der Waals surface area (Å²) in [5.74, 6) is 2.57. The molecule has 0 N–H and O–H groups in total. The number of likely N-dealkylation sites (tertiary alicyclic amines) is 1. The Morgan fingerprint density at radius 2 is 1.81 bits per heavy atom. The first kappa shape index (κ1) is 17.2. The van der Waals surface area contributed by atoms with Crippen LogP contribution in [-0.2, 0) is 17.8 Å². The van der Waals surface area contributed by atoms with E-state index in [-0.39, 0.29) is 5.91 Å². The molecule has 0 aliphatic carbocycles. The minimum absolute atomic E-state index is 0.175. The molecule has 4 rings (SSSR count). The van der Waals surface area contributed by atoms with Crippen LogP contribution < -0.4 is 9.47 Å². The third-order valence-electron chi connectivity index (χ3n) is 5.58. The molecule has 1 aromatic heterocycles. The van der Waals surface area contributed by atoms with Crippen molar-refractivity contribution in [3.8, 4) is 11.5 Å². The van der Waals surface area contributed by atoms with Crippen LogP contribution in [0.25, 0.3) is 11.0 Å². The maximum absolute atomic E-state index is 13.1. The van der Waals surface area contributed by atoms with Gasteiger partial charge in [0.15, 0.2) is 11.5 Å². The van der Waals surface area contributed by atoms with E-state index in [1.54, 1.807) is 0 Å².